The van der Waals surface area contributed by atoms with Crippen LogP contribution in [0, 0.1) is 0 Å². The van der Waals surface area contributed by atoms with E-state index in [-0.39, 0.29) is 11.8 Å². The van der Waals surface area contributed by atoms with Crippen molar-refractivity contribution in [1.29, 1.82) is 0 Å². The number of carbonyl (C=O) groups excluding carboxylic acids is 2. The fourth-order valence-electron chi connectivity index (χ4n) is 4.09. The standard InChI is InChI=1S/C23H30N4O3S/c28-22(26-8-3-1-2-4-9-26)15-25-10-12-27(13-11-25)23(29)19-6-5-7-21(14-19)30-16-20-17-31-18-24-20/h5-7,14,17-18H,1-4,8-13,15-16H2. The highest BCUT2D eigenvalue weighted by atomic mass is 32.1. The Morgan fingerprint density at radius 2 is 1.74 bits per heavy atom. The van der Waals surface area contributed by atoms with Crippen LogP contribution in [0.25, 0.3) is 0 Å². The van der Waals surface area contributed by atoms with Crippen LogP contribution in [-0.4, -0.2) is 77.3 Å². The van der Waals surface area contributed by atoms with Crippen molar-refractivity contribution in [3.05, 3.63) is 46.4 Å². The quantitative estimate of drug-likeness (QED) is 0.688. The summed E-state index contributed by atoms with van der Waals surface area (Å²) in [4.78, 5) is 35.9. The predicted octanol–water partition coefficient (Wildman–Crippen LogP) is 2.88. The maximum atomic E-state index is 13.0. The largest absolute Gasteiger partial charge is 0.487 e. The van der Waals surface area contributed by atoms with Crippen molar-refractivity contribution in [3.8, 4) is 5.75 Å². The summed E-state index contributed by atoms with van der Waals surface area (Å²) < 4.78 is 5.78. The van der Waals surface area contributed by atoms with Gasteiger partial charge < -0.3 is 14.5 Å². The number of rotatable bonds is 6. The van der Waals surface area contributed by atoms with Crippen LogP contribution in [0.2, 0.25) is 0 Å². The third kappa shape index (κ3) is 6.04. The fourth-order valence-corrected chi connectivity index (χ4v) is 4.63. The number of carbonyl (C=O) groups is 2. The molecule has 0 spiro atoms. The molecule has 0 unspecified atom stereocenters. The van der Waals surface area contributed by atoms with Crippen LogP contribution in [0.15, 0.2) is 35.2 Å². The monoisotopic (exact) mass is 442 g/mol. The number of amides is 2. The van der Waals surface area contributed by atoms with Gasteiger partial charge in [0.15, 0.2) is 0 Å². The van der Waals surface area contributed by atoms with Gasteiger partial charge in [-0.3, -0.25) is 14.5 Å². The molecule has 0 radical (unpaired) electrons. The van der Waals surface area contributed by atoms with Crippen LogP contribution >= 0.6 is 11.3 Å². The molecule has 0 N–H and O–H groups in total. The van der Waals surface area contributed by atoms with Gasteiger partial charge >= 0.3 is 0 Å². The van der Waals surface area contributed by atoms with E-state index in [2.05, 4.69) is 9.88 Å². The molecule has 2 aromatic rings. The number of aromatic nitrogens is 1. The first kappa shape index (κ1) is 21.8. The number of benzene rings is 1. The molecule has 0 aliphatic carbocycles. The molecule has 166 valence electrons. The van der Waals surface area contributed by atoms with E-state index in [1.807, 2.05) is 33.4 Å². The molecule has 3 heterocycles. The van der Waals surface area contributed by atoms with Crippen LogP contribution in [0.4, 0.5) is 0 Å². The molecule has 0 saturated carbocycles. The number of ether oxygens (including phenoxy) is 1. The van der Waals surface area contributed by atoms with E-state index in [0.29, 0.717) is 37.6 Å². The maximum Gasteiger partial charge on any atom is 0.254 e. The van der Waals surface area contributed by atoms with Gasteiger partial charge in [-0.15, -0.1) is 11.3 Å². The van der Waals surface area contributed by atoms with Gasteiger partial charge in [-0.25, -0.2) is 4.98 Å². The Bertz CT molecular complexity index is 857. The minimum Gasteiger partial charge on any atom is -0.487 e. The minimum atomic E-state index is 0.0117. The van der Waals surface area contributed by atoms with Gasteiger partial charge in [0.25, 0.3) is 5.91 Å². The SMILES string of the molecule is O=C(CN1CCN(C(=O)c2cccc(OCc3cscn3)c2)CC1)N1CCCCCC1. The molecule has 2 fully saturated rings. The number of thiazole rings is 1. The molecule has 0 atom stereocenters. The summed E-state index contributed by atoms with van der Waals surface area (Å²) in [5.74, 6) is 0.907. The van der Waals surface area contributed by atoms with Crippen molar-refractivity contribution < 1.29 is 14.3 Å². The molecule has 2 aliphatic rings. The zero-order valence-corrected chi connectivity index (χ0v) is 18.7. The van der Waals surface area contributed by atoms with Crippen molar-refractivity contribution in [1.82, 2.24) is 19.7 Å². The molecular weight excluding hydrogens is 412 g/mol. The van der Waals surface area contributed by atoms with Gasteiger partial charge in [0.1, 0.15) is 12.4 Å². The Kier molecular flexibility index (Phi) is 7.53. The summed E-state index contributed by atoms with van der Waals surface area (Å²) >= 11 is 1.53. The molecule has 0 bridgehead atoms. The third-order valence-corrected chi connectivity index (χ3v) is 6.56. The first-order valence-electron chi connectivity index (χ1n) is 11.1. The van der Waals surface area contributed by atoms with Crippen molar-refractivity contribution in [3.63, 3.8) is 0 Å². The Hall–Kier alpha value is -2.45. The molecule has 2 aliphatic heterocycles. The number of hydrogen-bond donors (Lipinski definition) is 0. The first-order valence-corrected chi connectivity index (χ1v) is 12.0. The van der Waals surface area contributed by atoms with Crippen LogP contribution < -0.4 is 4.74 Å². The van der Waals surface area contributed by atoms with E-state index in [0.717, 1.165) is 44.7 Å². The fraction of sp³-hybridized carbons (Fsp3) is 0.522. The number of piperazine rings is 1. The average Bonchev–Trinajstić information content (AvgIpc) is 3.18. The van der Waals surface area contributed by atoms with E-state index in [1.54, 1.807) is 11.6 Å². The van der Waals surface area contributed by atoms with Crippen molar-refractivity contribution in [2.24, 2.45) is 0 Å². The molecule has 2 saturated heterocycles. The summed E-state index contributed by atoms with van der Waals surface area (Å²) in [7, 11) is 0. The predicted molar refractivity (Wildman–Crippen MR) is 120 cm³/mol. The van der Waals surface area contributed by atoms with Crippen LogP contribution in [0.1, 0.15) is 41.7 Å². The molecule has 1 aromatic carbocycles. The van der Waals surface area contributed by atoms with E-state index < -0.39 is 0 Å². The Balaban J connectivity index is 1.26. The summed E-state index contributed by atoms with van der Waals surface area (Å²) in [6, 6.07) is 7.33. The van der Waals surface area contributed by atoms with Gasteiger partial charge in [-0.2, -0.15) is 0 Å². The molecule has 4 rings (SSSR count). The van der Waals surface area contributed by atoms with E-state index >= 15 is 0 Å². The lowest BCUT2D eigenvalue weighted by Crippen LogP contribution is -2.51. The highest BCUT2D eigenvalue weighted by Gasteiger charge is 2.25. The highest BCUT2D eigenvalue weighted by molar-refractivity contribution is 7.07. The van der Waals surface area contributed by atoms with E-state index in [9.17, 15) is 9.59 Å². The van der Waals surface area contributed by atoms with Crippen molar-refractivity contribution >= 4 is 23.2 Å². The molecule has 8 heteroatoms. The van der Waals surface area contributed by atoms with Crippen molar-refractivity contribution in [2.45, 2.75) is 32.3 Å². The Labute approximate surface area is 187 Å². The molecule has 1 aromatic heterocycles. The first-order chi connectivity index (χ1) is 15.2. The van der Waals surface area contributed by atoms with Gasteiger partial charge in [0.2, 0.25) is 5.91 Å². The van der Waals surface area contributed by atoms with Gasteiger partial charge in [0.05, 0.1) is 17.7 Å². The molecule has 7 nitrogen and oxygen atoms in total. The lowest BCUT2D eigenvalue weighted by Gasteiger charge is -2.35. The van der Waals surface area contributed by atoms with Gasteiger partial charge in [-0.1, -0.05) is 18.9 Å². The summed E-state index contributed by atoms with van der Waals surface area (Å²) in [5.41, 5.74) is 3.29. The minimum absolute atomic E-state index is 0.0117. The normalized spacial score (nSPS) is 17.9. The maximum absolute atomic E-state index is 13.0. The zero-order chi connectivity index (χ0) is 21.5. The lowest BCUT2D eigenvalue weighted by molar-refractivity contribution is -0.132. The van der Waals surface area contributed by atoms with E-state index in [4.69, 9.17) is 4.74 Å². The van der Waals surface area contributed by atoms with Crippen LogP contribution in [-0.2, 0) is 11.4 Å². The molecule has 2 amide bonds. The van der Waals surface area contributed by atoms with Gasteiger partial charge in [0, 0.05) is 50.2 Å². The number of nitrogens with zero attached hydrogens (tertiary/aromatic N) is 4. The topological polar surface area (TPSA) is 66.0 Å². The second-order valence-electron chi connectivity index (χ2n) is 8.16. The third-order valence-electron chi connectivity index (χ3n) is 5.93. The molecular formula is C23H30N4O3S. The van der Waals surface area contributed by atoms with E-state index in [1.165, 1.54) is 24.2 Å². The summed E-state index contributed by atoms with van der Waals surface area (Å²) in [5, 5.41) is 1.95. The molecule has 31 heavy (non-hydrogen) atoms. The van der Waals surface area contributed by atoms with Gasteiger partial charge in [-0.05, 0) is 31.0 Å². The zero-order valence-electron chi connectivity index (χ0n) is 17.9. The van der Waals surface area contributed by atoms with Crippen LogP contribution in [0.5, 0.6) is 5.75 Å². The second kappa shape index (κ2) is 10.7. The lowest BCUT2D eigenvalue weighted by atomic mass is 10.1. The van der Waals surface area contributed by atoms with Crippen molar-refractivity contribution in [2.75, 3.05) is 45.8 Å². The summed E-state index contributed by atoms with van der Waals surface area (Å²) in [6.07, 6.45) is 4.67. The smallest absolute Gasteiger partial charge is 0.254 e. The van der Waals surface area contributed by atoms with Crippen LogP contribution in [0.3, 0.4) is 0 Å². The Morgan fingerprint density at radius 3 is 2.45 bits per heavy atom. The Morgan fingerprint density at radius 1 is 0.968 bits per heavy atom. The average molecular weight is 443 g/mol. The number of likely N-dealkylation sites (tertiary alicyclic amines) is 1. The highest BCUT2D eigenvalue weighted by Crippen LogP contribution is 2.18. The second-order valence-corrected chi connectivity index (χ2v) is 8.88. The number of hydrogen-bond acceptors (Lipinski definition) is 6. The summed E-state index contributed by atoms with van der Waals surface area (Å²) in [6.45, 7) is 5.35.